The van der Waals surface area contributed by atoms with E-state index in [4.69, 9.17) is 28.9 Å². The summed E-state index contributed by atoms with van der Waals surface area (Å²) in [4.78, 5) is 4.26. The zero-order chi connectivity index (χ0) is 14.4. The zero-order valence-corrected chi connectivity index (χ0v) is 13.0. The molecule has 2 aromatic carbocycles. The van der Waals surface area contributed by atoms with E-state index in [9.17, 15) is 4.39 Å². The molecule has 2 N–H and O–H groups in total. The highest BCUT2D eigenvalue weighted by molar-refractivity contribution is 9.10. The number of imidazole rings is 1. The smallest absolute Gasteiger partial charge is 0.205 e. The Bertz CT molecular complexity index is 809. The van der Waals surface area contributed by atoms with E-state index in [0.717, 1.165) is 9.99 Å². The molecule has 1 aromatic heterocycles. The summed E-state index contributed by atoms with van der Waals surface area (Å²) in [5, 5.41) is -0.128. The predicted molar refractivity (Wildman–Crippen MR) is 83.2 cm³/mol. The molecule has 20 heavy (non-hydrogen) atoms. The minimum Gasteiger partial charge on any atom is -0.369 e. The van der Waals surface area contributed by atoms with E-state index in [-0.39, 0.29) is 16.0 Å². The number of hydrogen-bond acceptors (Lipinski definition) is 2. The van der Waals surface area contributed by atoms with E-state index in [2.05, 4.69) is 20.9 Å². The summed E-state index contributed by atoms with van der Waals surface area (Å²) in [7, 11) is 0. The second-order valence-electron chi connectivity index (χ2n) is 4.16. The molecule has 0 unspecified atom stereocenters. The Morgan fingerprint density at radius 1 is 1.15 bits per heavy atom. The van der Waals surface area contributed by atoms with Crippen molar-refractivity contribution in [3.63, 3.8) is 0 Å². The number of nitrogen functional groups attached to an aromatic ring is 1. The van der Waals surface area contributed by atoms with Crippen molar-refractivity contribution in [2.75, 3.05) is 5.73 Å². The lowest BCUT2D eigenvalue weighted by Gasteiger charge is -2.08. The van der Waals surface area contributed by atoms with Crippen LogP contribution in [-0.4, -0.2) is 9.55 Å². The summed E-state index contributed by atoms with van der Waals surface area (Å²) in [5.74, 6) is -0.375. The monoisotopic (exact) mass is 373 g/mol. The minimum absolute atomic E-state index is 0.0640. The largest absolute Gasteiger partial charge is 0.369 e. The lowest BCUT2D eigenvalue weighted by molar-refractivity contribution is 0.628. The number of anilines is 1. The molecule has 3 rings (SSSR count). The van der Waals surface area contributed by atoms with Crippen LogP contribution in [0.4, 0.5) is 10.3 Å². The Labute approximate surface area is 132 Å². The van der Waals surface area contributed by atoms with E-state index in [1.165, 1.54) is 12.1 Å². The average Bonchev–Trinajstić information content (AvgIpc) is 2.70. The first-order valence-electron chi connectivity index (χ1n) is 5.56. The SMILES string of the molecule is Nc1nc2cc(Br)ccc2n1-c1cc(Cl)c(F)c(Cl)c1. The Kier molecular flexibility index (Phi) is 3.36. The number of halogens is 4. The summed E-state index contributed by atoms with van der Waals surface area (Å²) in [6.07, 6.45) is 0. The molecule has 0 amide bonds. The third kappa shape index (κ3) is 2.16. The molecule has 0 aliphatic carbocycles. The zero-order valence-electron chi connectivity index (χ0n) is 9.87. The van der Waals surface area contributed by atoms with Crippen LogP contribution in [0.25, 0.3) is 16.7 Å². The summed E-state index contributed by atoms with van der Waals surface area (Å²) in [6, 6.07) is 8.49. The molecular weight excluding hydrogens is 368 g/mol. The number of hydrogen-bond donors (Lipinski definition) is 1. The van der Waals surface area contributed by atoms with E-state index >= 15 is 0 Å². The third-order valence-corrected chi connectivity index (χ3v) is 3.91. The molecule has 0 saturated heterocycles. The first kappa shape index (κ1) is 13.7. The van der Waals surface area contributed by atoms with Gasteiger partial charge in [0.05, 0.1) is 26.8 Å². The maximum Gasteiger partial charge on any atom is 0.205 e. The number of fused-ring (bicyclic) bond motifs is 1. The van der Waals surface area contributed by atoms with Gasteiger partial charge < -0.3 is 5.73 Å². The van der Waals surface area contributed by atoms with Gasteiger partial charge in [0.15, 0.2) is 5.82 Å². The van der Waals surface area contributed by atoms with Gasteiger partial charge in [-0.25, -0.2) is 9.37 Å². The Morgan fingerprint density at radius 3 is 2.45 bits per heavy atom. The van der Waals surface area contributed by atoms with Gasteiger partial charge in [-0.15, -0.1) is 0 Å². The standard InChI is InChI=1S/C13H7BrCl2FN3/c14-6-1-2-11-10(3-6)19-13(18)20(11)7-4-8(15)12(17)9(16)5-7/h1-5H,(H2,18,19). The molecule has 0 spiro atoms. The van der Waals surface area contributed by atoms with Gasteiger partial charge in [0.1, 0.15) is 0 Å². The second kappa shape index (κ2) is 4.91. The molecule has 7 heteroatoms. The Balaban J connectivity index is 2.32. The molecule has 0 aliphatic heterocycles. The van der Waals surface area contributed by atoms with Crippen LogP contribution in [0.2, 0.25) is 10.0 Å². The highest BCUT2D eigenvalue weighted by atomic mass is 79.9. The Morgan fingerprint density at radius 2 is 1.80 bits per heavy atom. The lowest BCUT2D eigenvalue weighted by Crippen LogP contribution is -2.01. The van der Waals surface area contributed by atoms with Crippen molar-refractivity contribution < 1.29 is 4.39 Å². The van der Waals surface area contributed by atoms with Gasteiger partial charge in [-0.05, 0) is 30.3 Å². The van der Waals surface area contributed by atoms with Crippen molar-refractivity contribution >= 4 is 56.1 Å². The number of nitrogens with two attached hydrogens (primary N) is 1. The lowest BCUT2D eigenvalue weighted by atomic mass is 10.2. The maximum absolute atomic E-state index is 13.5. The minimum atomic E-state index is -0.650. The van der Waals surface area contributed by atoms with Gasteiger partial charge in [-0.2, -0.15) is 0 Å². The first-order chi connectivity index (χ1) is 9.47. The van der Waals surface area contributed by atoms with Gasteiger partial charge in [-0.3, -0.25) is 4.57 Å². The van der Waals surface area contributed by atoms with Crippen LogP contribution in [0.5, 0.6) is 0 Å². The molecule has 3 nitrogen and oxygen atoms in total. The van der Waals surface area contributed by atoms with Crippen LogP contribution in [0, 0.1) is 5.82 Å². The Hall–Kier alpha value is -1.30. The van der Waals surface area contributed by atoms with Crippen LogP contribution >= 0.6 is 39.1 Å². The van der Waals surface area contributed by atoms with E-state index in [1.807, 2.05) is 18.2 Å². The van der Waals surface area contributed by atoms with Crippen LogP contribution in [0.15, 0.2) is 34.8 Å². The molecule has 0 saturated carbocycles. The molecule has 102 valence electrons. The number of nitrogens with zero attached hydrogens (tertiary/aromatic N) is 2. The number of benzene rings is 2. The third-order valence-electron chi connectivity index (χ3n) is 2.87. The van der Waals surface area contributed by atoms with Crippen molar-refractivity contribution in [1.82, 2.24) is 9.55 Å². The topological polar surface area (TPSA) is 43.8 Å². The van der Waals surface area contributed by atoms with Crippen LogP contribution in [0.1, 0.15) is 0 Å². The number of rotatable bonds is 1. The van der Waals surface area contributed by atoms with Crippen LogP contribution in [-0.2, 0) is 0 Å². The van der Waals surface area contributed by atoms with Gasteiger partial charge in [0.25, 0.3) is 0 Å². The van der Waals surface area contributed by atoms with Crippen molar-refractivity contribution in [3.8, 4) is 5.69 Å². The van der Waals surface area contributed by atoms with Gasteiger partial charge in [0.2, 0.25) is 5.95 Å². The van der Waals surface area contributed by atoms with Crippen molar-refractivity contribution in [1.29, 1.82) is 0 Å². The molecule has 0 fully saturated rings. The van der Waals surface area contributed by atoms with E-state index < -0.39 is 5.82 Å². The van der Waals surface area contributed by atoms with Gasteiger partial charge >= 0.3 is 0 Å². The summed E-state index contributed by atoms with van der Waals surface area (Å²) in [6.45, 7) is 0. The van der Waals surface area contributed by atoms with Crippen molar-refractivity contribution in [2.45, 2.75) is 0 Å². The maximum atomic E-state index is 13.5. The fourth-order valence-electron chi connectivity index (χ4n) is 2.01. The predicted octanol–water partition coefficient (Wildman–Crippen LogP) is 4.82. The van der Waals surface area contributed by atoms with E-state index in [0.29, 0.717) is 11.2 Å². The highest BCUT2D eigenvalue weighted by Crippen LogP contribution is 2.31. The van der Waals surface area contributed by atoms with Gasteiger partial charge in [0, 0.05) is 4.47 Å². The second-order valence-corrected chi connectivity index (χ2v) is 5.89. The average molecular weight is 375 g/mol. The van der Waals surface area contributed by atoms with Crippen molar-refractivity contribution in [3.05, 3.63) is 50.7 Å². The van der Waals surface area contributed by atoms with Crippen molar-refractivity contribution in [2.24, 2.45) is 0 Å². The molecule has 0 bridgehead atoms. The summed E-state index contributed by atoms with van der Waals surface area (Å²) >= 11 is 15.0. The fourth-order valence-corrected chi connectivity index (χ4v) is 2.84. The summed E-state index contributed by atoms with van der Waals surface area (Å²) < 4.78 is 16.1. The molecule has 0 aliphatic rings. The fraction of sp³-hybridized carbons (Fsp3) is 0. The highest BCUT2D eigenvalue weighted by Gasteiger charge is 2.14. The molecule has 3 aromatic rings. The molecule has 1 heterocycles. The first-order valence-corrected chi connectivity index (χ1v) is 7.10. The van der Waals surface area contributed by atoms with E-state index in [1.54, 1.807) is 4.57 Å². The number of aromatic nitrogens is 2. The van der Waals surface area contributed by atoms with Gasteiger partial charge in [-0.1, -0.05) is 39.1 Å². The molecule has 0 atom stereocenters. The quantitative estimate of drug-likeness (QED) is 0.620. The van der Waals surface area contributed by atoms with Crippen LogP contribution in [0.3, 0.4) is 0 Å². The summed E-state index contributed by atoms with van der Waals surface area (Å²) in [5.41, 5.74) is 7.99. The molecule has 0 radical (unpaired) electrons. The van der Waals surface area contributed by atoms with Crippen LogP contribution < -0.4 is 5.73 Å². The molecular formula is C13H7BrCl2FN3. The normalized spacial score (nSPS) is 11.2.